The van der Waals surface area contributed by atoms with Gasteiger partial charge in [-0.15, -0.1) is 0 Å². The van der Waals surface area contributed by atoms with Crippen molar-refractivity contribution in [1.29, 1.82) is 0 Å². The summed E-state index contributed by atoms with van der Waals surface area (Å²) in [5.74, 6) is 0.137. The lowest BCUT2D eigenvalue weighted by atomic mass is 9.62. The molecule has 3 rings (SSSR count). The van der Waals surface area contributed by atoms with E-state index in [0.717, 1.165) is 25.7 Å². The summed E-state index contributed by atoms with van der Waals surface area (Å²) in [6, 6.07) is 0. The number of ketones is 1. The molecule has 1 saturated carbocycles. The molecule has 1 aliphatic heterocycles. The molecule has 1 saturated heterocycles. The molecule has 0 aromatic heterocycles. The predicted molar refractivity (Wildman–Crippen MR) is 53.1 cm³/mol. The molecule has 3 heteroatoms. The van der Waals surface area contributed by atoms with Crippen molar-refractivity contribution in [2.45, 2.75) is 44.6 Å². The van der Waals surface area contributed by atoms with Crippen molar-refractivity contribution in [2.24, 2.45) is 5.41 Å². The van der Waals surface area contributed by atoms with Crippen LogP contribution in [-0.4, -0.2) is 17.9 Å². The van der Waals surface area contributed by atoms with Crippen molar-refractivity contribution in [2.75, 3.05) is 0 Å². The average molecular weight is 206 g/mol. The fourth-order valence-corrected chi connectivity index (χ4v) is 3.31. The minimum absolute atomic E-state index is 0.0538. The van der Waals surface area contributed by atoms with E-state index in [2.05, 4.69) is 0 Å². The van der Waals surface area contributed by atoms with Gasteiger partial charge in [0.2, 0.25) is 0 Å². The van der Waals surface area contributed by atoms with Gasteiger partial charge in [0.1, 0.15) is 6.10 Å². The van der Waals surface area contributed by atoms with Crippen LogP contribution in [0.2, 0.25) is 0 Å². The summed E-state index contributed by atoms with van der Waals surface area (Å²) in [5.41, 5.74) is 1.09. The molecule has 80 valence electrons. The Morgan fingerprint density at radius 3 is 3.07 bits per heavy atom. The summed E-state index contributed by atoms with van der Waals surface area (Å²) in [4.78, 5) is 22.8. The summed E-state index contributed by atoms with van der Waals surface area (Å²) in [6.07, 6.45) is 6.70. The number of carbonyl (C=O) groups is 2. The average Bonchev–Trinajstić information content (AvgIpc) is 2.52. The molecule has 2 atom stereocenters. The number of ether oxygens (including phenoxy) is 1. The second kappa shape index (κ2) is 2.94. The van der Waals surface area contributed by atoms with E-state index in [1.165, 1.54) is 5.57 Å². The first-order chi connectivity index (χ1) is 7.21. The van der Waals surface area contributed by atoms with Gasteiger partial charge in [0.15, 0.2) is 5.78 Å². The molecule has 15 heavy (non-hydrogen) atoms. The molecule has 3 nitrogen and oxygen atoms in total. The molecule has 0 aromatic rings. The van der Waals surface area contributed by atoms with E-state index in [1.54, 1.807) is 6.08 Å². The molecule has 0 aromatic carbocycles. The lowest BCUT2D eigenvalue weighted by Crippen LogP contribution is -2.39. The Morgan fingerprint density at radius 2 is 2.20 bits per heavy atom. The number of hydrogen-bond acceptors (Lipinski definition) is 3. The maximum absolute atomic E-state index is 11.4. The topological polar surface area (TPSA) is 43.4 Å². The molecule has 0 N–H and O–H groups in total. The smallest absolute Gasteiger partial charge is 0.307 e. The molecule has 1 heterocycles. The van der Waals surface area contributed by atoms with Crippen LogP contribution in [-0.2, 0) is 14.3 Å². The number of rotatable bonds is 0. The van der Waals surface area contributed by atoms with E-state index < -0.39 is 0 Å². The molecule has 2 aliphatic carbocycles. The highest BCUT2D eigenvalue weighted by molar-refractivity contribution is 5.92. The molecule has 0 unspecified atom stereocenters. The van der Waals surface area contributed by atoms with Crippen LogP contribution in [0.5, 0.6) is 0 Å². The van der Waals surface area contributed by atoms with Crippen molar-refractivity contribution >= 4 is 11.8 Å². The fourth-order valence-electron chi connectivity index (χ4n) is 3.31. The Kier molecular flexibility index (Phi) is 1.79. The van der Waals surface area contributed by atoms with Crippen molar-refractivity contribution in [3.63, 3.8) is 0 Å². The van der Waals surface area contributed by atoms with E-state index in [1.807, 2.05) is 0 Å². The normalized spacial score (nSPS) is 39.2. The quantitative estimate of drug-likeness (QED) is 0.567. The molecule has 3 aliphatic rings. The molecule has 1 spiro atoms. The molecule has 0 amide bonds. The largest absolute Gasteiger partial charge is 0.461 e. The second-order valence-corrected chi connectivity index (χ2v) is 4.84. The number of carbonyl (C=O) groups excluding carboxylic acids is 2. The summed E-state index contributed by atoms with van der Waals surface area (Å²) < 4.78 is 5.37. The van der Waals surface area contributed by atoms with Crippen molar-refractivity contribution < 1.29 is 14.3 Å². The number of hydrogen-bond donors (Lipinski definition) is 0. The fraction of sp³-hybridized carbons (Fsp3) is 0.667. The molecule has 0 bridgehead atoms. The van der Waals surface area contributed by atoms with E-state index in [0.29, 0.717) is 12.8 Å². The summed E-state index contributed by atoms with van der Waals surface area (Å²) in [6.45, 7) is 0. The monoisotopic (exact) mass is 206 g/mol. The van der Waals surface area contributed by atoms with Gasteiger partial charge in [-0.1, -0.05) is 5.57 Å². The Labute approximate surface area is 88.5 Å². The van der Waals surface area contributed by atoms with Gasteiger partial charge >= 0.3 is 5.97 Å². The van der Waals surface area contributed by atoms with Gasteiger partial charge in [-0.05, 0) is 31.8 Å². The SMILES string of the molecule is O=C1C=C2CCC[C@H]3OC(=O)C[C@]23CC1. The Hall–Kier alpha value is -1.12. The maximum Gasteiger partial charge on any atom is 0.307 e. The minimum atomic E-state index is -0.0940. The summed E-state index contributed by atoms with van der Waals surface area (Å²) in [5, 5.41) is 0. The first-order valence-corrected chi connectivity index (χ1v) is 5.64. The van der Waals surface area contributed by atoms with Crippen molar-refractivity contribution in [3.05, 3.63) is 11.6 Å². The van der Waals surface area contributed by atoms with Crippen LogP contribution >= 0.6 is 0 Å². The molecular weight excluding hydrogens is 192 g/mol. The highest BCUT2D eigenvalue weighted by atomic mass is 16.6. The van der Waals surface area contributed by atoms with E-state index in [9.17, 15) is 9.59 Å². The number of allylic oxidation sites excluding steroid dienone is 1. The van der Waals surface area contributed by atoms with Gasteiger partial charge in [0, 0.05) is 11.8 Å². The summed E-state index contributed by atoms with van der Waals surface area (Å²) in [7, 11) is 0. The zero-order valence-electron chi connectivity index (χ0n) is 8.62. The van der Waals surface area contributed by atoms with Crippen LogP contribution < -0.4 is 0 Å². The zero-order chi connectivity index (χ0) is 10.5. The second-order valence-electron chi connectivity index (χ2n) is 4.84. The van der Waals surface area contributed by atoms with Gasteiger partial charge in [0.05, 0.1) is 6.42 Å². The van der Waals surface area contributed by atoms with Gasteiger partial charge in [0.25, 0.3) is 0 Å². The van der Waals surface area contributed by atoms with Gasteiger partial charge < -0.3 is 4.74 Å². The lowest BCUT2D eigenvalue weighted by Gasteiger charge is -2.41. The standard InChI is InChI=1S/C12H14O3/c13-9-4-5-12-7-11(14)15-10(12)3-1-2-8(12)6-9/h6,10H,1-5,7H2/t10-,12-/m1/s1. The van der Waals surface area contributed by atoms with Crippen molar-refractivity contribution in [1.82, 2.24) is 0 Å². The predicted octanol–water partition coefficient (Wildman–Crippen LogP) is 1.76. The third-order valence-corrected chi connectivity index (χ3v) is 4.05. The van der Waals surface area contributed by atoms with Crippen LogP contribution in [0.15, 0.2) is 11.6 Å². The van der Waals surface area contributed by atoms with E-state index >= 15 is 0 Å². The van der Waals surface area contributed by atoms with E-state index in [-0.39, 0.29) is 23.3 Å². The number of esters is 1. The Balaban J connectivity index is 2.05. The van der Waals surface area contributed by atoms with Crippen LogP contribution in [0.4, 0.5) is 0 Å². The highest BCUT2D eigenvalue weighted by Crippen LogP contribution is 2.53. The van der Waals surface area contributed by atoms with Gasteiger partial charge in [-0.25, -0.2) is 0 Å². The van der Waals surface area contributed by atoms with Crippen LogP contribution in [0.1, 0.15) is 38.5 Å². The third kappa shape index (κ3) is 1.18. The highest BCUT2D eigenvalue weighted by Gasteiger charge is 2.53. The lowest BCUT2D eigenvalue weighted by molar-refractivity contribution is -0.142. The molecule has 2 fully saturated rings. The van der Waals surface area contributed by atoms with Crippen LogP contribution in [0, 0.1) is 5.41 Å². The van der Waals surface area contributed by atoms with Gasteiger partial charge in [-0.3, -0.25) is 9.59 Å². The van der Waals surface area contributed by atoms with Crippen LogP contribution in [0.3, 0.4) is 0 Å². The Morgan fingerprint density at radius 1 is 1.33 bits per heavy atom. The van der Waals surface area contributed by atoms with Crippen LogP contribution in [0.25, 0.3) is 0 Å². The third-order valence-electron chi connectivity index (χ3n) is 4.05. The van der Waals surface area contributed by atoms with E-state index in [4.69, 9.17) is 4.74 Å². The van der Waals surface area contributed by atoms with Gasteiger partial charge in [-0.2, -0.15) is 0 Å². The maximum atomic E-state index is 11.4. The summed E-state index contributed by atoms with van der Waals surface area (Å²) >= 11 is 0. The Bertz CT molecular complexity index is 369. The first kappa shape index (κ1) is 9.13. The molecular formula is C12H14O3. The zero-order valence-corrected chi connectivity index (χ0v) is 8.62. The minimum Gasteiger partial charge on any atom is -0.461 e. The van der Waals surface area contributed by atoms with Crippen molar-refractivity contribution in [3.8, 4) is 0 Å². The first-order valence-electron chi connectivity index (χ1n) is 5.64. The molecule has 0 radical (unpaired) electrons.